The molecule has 1 fully saturated rings. The Balaban J connectivity index is 1.37. The molecular formula is C19H22FN5O3. The molecule has 0 bridgehead atoms. The summed E-state index contributed by atoms with van der Waals surface area (Å²) in [6.45, 7) is 1.64. The average Bonchev–Trinajstić information content (AvgIpc) is 3.43. The highest BCUT2D eigenvalue weighted by Gasteiger charge is 2.29. The maximum Gasteiger partial charge on any atom is 0.319 e. The van der Waals surface area contributed by atoms with Gasteiger partial charge in [-0.3, -0.25) is 9.48 Å². The van der Waals surface area contributed by atoms with Gasteiger partial charge in [0.05, 0.1) is 25.4 Å². The van der Waals surface area contributed by atoms with E-state index in [4.69, 9.17) is 4.74 Å². The number of carbonyl (C=O) groups is 2. The van der Waals surface area contributed by atoms with Gasteiger partial charge in [0.1, 0.15) is 5.82 Å². The molecule has 0 saturated heterocycles. The van der Waals surface area contributed by atoms with Crippen LogP contribution in [0.3, 0.4) is 0 Å². The highest BCUT2D eigenvalue weighted by Crippen LogP contribution is 2.23. The van der Waals surface area contributed by atoms with Crippen LogP contribution in [0.2, 0.25) is 0 Å². The first-order chi connectivity index (χ1) is 13.6. The fraction of sp³-hybridized carbons (Fsp3) is 0.421. The smallest absolute Gasteiger partial charge is 0.319 e. The van der Waals surface area contributed by atoms with Crippen molar-refractivity contribution in [1.82, 2.24) is 20.4 Å². The van der Waals surface area contributed by atoms with Crippen LogP contribution in [0.4, 0.5) is 14.9 Å². The molecule has 0 radical (unpaired) electrons. The van der Waals surface area contributed by atoms with Crippen LogP contribution >= 0.6 is 0 Å². The van der Waals surface area contributed by atoms with Gasteiger partial charge in [-0.05, 0) is 25.0 Å². The number of aromatic nitrogens is 2. The fourth-order valence-electron chi connectivity index (χ4n) is 3.16. The number of nitrogens with zero attached hydrogens (tertiary/aromatic N) is 2. The zero-order valence-corrected chi connectivity index (χ0v) is 15.3. The second kappa shape index (κ2) is 7.97. The zero-order valence-electron chi connectivity index (χ0n) is 15.3. The summed E-state index contributed by atoms with van der Waals surface area (Å²) < 4.78 is 20.8. The number of carbonyl (C=O) groups excluding carboxylic acids is 2. The highest BCUT2D eigenvalue weighted by molar-refractivity contribution is 5.94. The number of para-hydroxylation sites is 1. The van der Waals surface area contributed by atoms with Crippen LogP contribution < -0.4 is 16.0 Å². The summed E-state index contributed by atoms with van der Waals surface area (Å²) in [5, 5.41) is 12.6. The van der Waals surface area contributed by atoms with Gasteiger partial charge in [-0.2, -0.15) is 5.10 Å². The van der Waals surface area contributed by atoms with Gasteiger partial charge in [-0.1, -0.05) is 12.1 Å². The maximum absolute atomic E-state index is 13.6. The van der Waals surface area contributed by atoms with E-state index >= 15 is 0 Å². The van der Waals surface area contributed by atoms with Gasteiger partial charge in [0.25, 0.3) is 5.91 Å². The Labute approximate surface area is 161 Å². The van der Waals surface area contributed by atoms with E-state index < -0.39 is 11.8 Å². The molecule has 1 aliphatic heterocycles. The Hall–Kier alpha value is -2.94. The van der Waals surface area contributed by atoms with Crippen LogP contribution in [-0.4, -0.2) is 40.9 Å². The molecule has 4 rings (SSSR count). The minimum atomic E-state index is -0.499. The molecule has 3 N–H and O–H groups in total. The summed E-state index contributed by atoms with van der Waals surface area (Å²) in [5.74, 6) is -0.668. The van der Waals surface area contributed by atoms with Gasteiger partial charge in [0.2, 0.25) is 0 Å². The molecule has 1 aliphatic carbocycles. The molecule has 0 unspecified atom stereocenters. The number of rotatable bonds is 6. The monoisotopic (exact) mass is 387 g/mol. The molecule has 28 heavy (non-hydrogen) atoms. The summed E-state index contributed by atoms with van der Waals surface area (Å²) in [6.07, 6.45) is 2.68. The van der Waals surface area contributed by atoms with Crippen molar-refractivity contribution in [3.8, 4) is 0 Å². The van der Waals surface area contributed by atoms with Crippen molar-refractivity contribution in [3.63, 3.8) is 0 Å². The van der Waals surface area contributed by atoms with Gasteiger partial charge in [0.15, 0.2) is 5.69 Å². The molecule has 9 heteroatoms. The van der Waals surface area contributed by atoms with E-state index in [1.807, 2.05) is 0 Å². The third kappa shape index (κ3) is 4.14. The molecule has 2 aliphatic rings. The molecule has 1 aromatic heterocycles. The number of halogens is 1. The predicted octanol–water partition coefficient (Wildman–Crippen LogP) is 1.81. The molecule has 2 heterocycles. The molecular weight excluding hydrogens is 365 g/mol. The topological polar surface area (TPSA) is 97.3 Å². The van der Waals surface area contributed by atoms with E-state index in [-0.39, 0.29) is 17.6 Å². The summed E-state index contributed by atoms with van der Waals surface area (Å²) in [5.41, 5.74) is 2.30. The minimum Gasteiger partial charge on any atom is -0.376 e. The SMILES string of the molecule is O=C(NCCn1nc(C(=O)NC2CC2)c2c1CCOC2)Nc1ccccc1F. The number of anilines is 1. The lowest BCUT2D eigenvalue weighted by atomic mass is 10.1. The normalized spacial score (nSPS) is 15.6. The number of ether oxygens (including phenoxy) is 1. The molecule has 0 atom stereocenters. The predicted molar refractivity (Wildman–Crippen MR) is 99.5 cm³/mol. The minimum absolute atomic E-state index is 0.118. The standard InChI is InChI=1S/C19H22FN5O3/c20-14-3-1-2-4-15(14)23-19(27)21-8-9-25-16-7-10-28-11-13(16)17(24-25)18(26)22-12-5-6-12/h1-4,12H,5-11H2,(H,22,26)(H2,21,23,27). The second-order valence-corrected chi connectivity index (χ2v) is 6.91. The third-order valence-electron chi connectivity index (χ3n) is 4.75. The number of amides is 3. The van der Waals surface area contributed by atoms with Gasteiger partial charge in [-0.25, -0.2) is 9.18 Å². The van der Waals surface area contributed by atoms with Crippen molar-refractivity contribution in [2.24, 2.45) is 0 Å². The average molecular weight is 387 g/mol. The highest BCUT2D eigenvalue weighted by atomic mass is 19.1. The molecule has 148 valence electrons. The lowest BCUT2D eigenvalue weighted by molar-refractivity contribution is 0.0922. The van der Waals surface area contributed by atoms with Crippen molar-refractivity contribution in [1.29, 1.82) is 0 Å². The van der Waals surface area contributed by atoms with Gasteiger partial charge in [0, 0.05) is 30.3 Å². The molecule has 1 aromatic carbocycles. The van der Waals surface area contributed by atoms with Crippen molar-refractivity contribution in [3.05, 3.63) is 47.0 Å². The van der Waals surface area contributed by atoms with Crippen LogP contribution in [-0.2, 0) is 24.3 Å². The van der Waals surface area contributed by atoms with Crippen LogP contribution in [0.15, 0.2) is 24.3 Å². The van der Waals surface area contributed by atoms with Crippen molar-refractivity contribution in [2.75, 3.05) is 18.5 Å². The van der Waals surface area contributed by atoms with Crippen LogP contribution in [0.25, 0.3) is 0 Å². The first kappa shape index (κ1) is 18.4. The summed E-state index contributed by atoms with van der Waals surface area (Å²) in [6, 6.07) is 5.72. The summed E-state index contributed by atoms with van der Waals surface area (Å²) in [7, 11) is 0. The number of benzene rings is 1. The Kier molecular flexibility index (Phi) is 5.25. The van der Waals surface area contributed by atoms with E-state index in [1.165, 1.54) is 12.1 Å². The fourth-order valence-corrected chi connectivity index (χ4v) is 3.16. The van der Waals surface area contributed by atoms with Crippen molar-refractivity contribution >= 4 is 17.6 Å². The van der Waals surface area contributed by atoms with E-state index in [1.54, 1.807) is 16.8 Å². The first-order valence-corrected chi connectivity index (χ1v) is 9.38. The van der Waals surface area contributed by atoms with Gasteiger partial charge < -0.3 is 20.7 Å². The molecule has 8 nitrogen and oxygen atoms in total. The van der Waals surface area contributed by atoms with Crippen molar-refractivity contribution < 1.29 is 18.7 Å². The number of urea groups is 1. The van der Waals surface area contributed by atoms with Crippen molar-refractivity contribution in [2.45, 2.75) is 38.5 Å². The molecule has 0 spiro atoms. The Morgan fingerprint density at radius 2 is 2.11 bits per heavy atom. The number of nitrogens with one attached hydrogen (secondary N) is 3. The van der Waals surface area contributed by atoms with Crippen LogP contribution in [0, 0.1) is 5.82 Å². The van der Waals surface area contributed by atoms with Gasteiger partial charge >= 0.3 is 6.03 Å². The van der Waals surface area contributed by atoms with E-state index in [0.29, 0.717) is 38.4 Å². The Morgan fingerprint density at radius 3 is 2.89 bits per heavy atom. The van der Waals surface area contributed by atoms with Gasteiger partial charge in [-0.15, -0.1) is 0 Å². The quantitative estimate of drug-likeness (QED) is 0.704. The lowest BCUT2D eigenvalue weighted by Gasteiger charge is -2.15. The largest absolute Gasteiger partial charge is 0.376 e. The third-order valence-corrected chi connectivity index (χ3v) is 4.75. The number of fused-ring (bicyclic) bond motifs is 1. The Morgan fingerprint density at radius 1 is 1.29 bits per heavy atom. The maximum atomic E-state index is 13.6. The zero-order chi connectivity index (χ0) is 19.5. The first-order valence-electron chi connectivity index (χ1n) is 9.38. The molecule has 2 aromatic rings. The number of hydrogen-bond donors (Lipinski definition) is 3. The lowest BCUT2D eigenvalue weighted by Crippen LogP contribution is -2.32. The number of hydrogen-bond acceptors (Lipinski definition) is 4. The van der Waals surface area contributed by atoms with Crippen LogP contribution in [0.1, 0.15) is 34.6 Å². The molecule has 3 amide bonds. The van der Waals surface area contributed by atoms with E-state index in [2.05, 4.69) is 21.0 Å². The Bertz CT molecular complexity index is 894. The molecule has 1 saturated carbocycles. The van der Waals surface area contributed by atoms with E-state index in [0.717, 1.165) is 24.1 Å². The van der Waals surface area contributed by atoms with Crippen LogP contribution in [0.5, 0.6) is 0 Å². The summed E-state index contributed by atoms with van der Waals surface area (Å²) in [4.78, 5) is 24.4. The van der Waals surface area contributed by atoms with E-state index in [9.17, 15) is 14.0 Å². The second-order valence-electron chi connectivity index (χ2n) is 6.91. The summed E-state index contributed by atoms with van der Waals surface area (Å²) >= 11 is 0.